The van der Waals surface area contributed by atoms with Crippen LogP contribution in [0.4, 0.5) is 0 Å². The molecule has 0 aliphatic carbocycles. The smallest absolute Gasteiger partial charge is 0.233 e. The van der Waals surface area contributed by atoms with E-state index in [9.17, 15) is 9.90 Å². The SMILES string of the molecule is O=C(CSc1ccc(Cl)cc1)N1CCOCC1CO. The van der Waals surface area contributed by atoms with E-state index in [1.54, 1.807) is 17.0 Å². The number of ether oxygens (including phenoxy) is 1. The molecule has 1 aliphatic heterocycles. The van der Waals surface area contributed by atoms with Crippen molar-refractivity contribution in [3.05, 3.63) is 29.3 Å². The van der Waals surface area contributed by atoms with E-state index in [2.05, 4.69) is 0 Å². The molecule has 0 spiro atoms. The lowest BCUT2D eigenvalue weighted by Crippen LogP contribution is -2.51. The zero-order chi connectivity index (χ0) is 13.7. The summed E-state index contributed by atoms with van der Waals surface area (Å²) in [6.07, 6.45) is 0. The predicted octanol–water partition coefficient (Wildman–Crippen LogP) is 1.65. The fourth-order valence-corrected chi connectivity index (χ4v) is 2.80. The average Bonchev–Trinajstić information content (AvgIpc) is 2.46. The van der Waals surface area contributed by atoms with Gasteiger partial charge in [-0.1, -0.05) is 11.6 Å². The number of carbonyl (C=O) groups is 1. The summed E-state index contributed by atoms with van der Waals surface area (Å²) in [6, 6.07) is 7.18. The molecule has 1 N–H and O–H groups in total. The highest BCUT2D eigenvalue weighted by atomic mass is 35.5. The first-order valence-electron chi connectivity index (χ1n) is 6.07. The van der Waals surface area contributed by atoms with Gasteiger partial charge in [0.25, 0.3) is 0 Å². The van der Waals surface area contributed by atoms with Crippen LogP contribution < -0.4 is 0 Å². The molecule has 1 unspecified atom stereocenters. The Morgan fingerprint density at radius 1 is 1.47 bits per heavy atom. The number of hydrogen-bond acceptors (Lipinski definition) is 4. The van der Waals surface area contributed by atoms with Crippen LogP contribution in [0, 0.1) is 0 Å². The summed E-state index contributed by atoms with van der Waals surface area (Å²) in [6.45, 7) is 1.43. The molecule has 1 heterocycles. The molecule has 4 nitrogen and oxygen atoms in total. The number of benzene rings is 1. The van der Waals surface area contributed by atoms with E-state index in [0.717, 1.165) is 4.90 Å². The molecule has 1 aliphatic rings. The van der Waals surface area contributed by atoms with Crippen LogP contribution >= 0.6 is 23.4 Å². The van der Waals surface area contributed by atoms with Gasteiger partial charge >= 0.3 is 0 Å². The molecule has 0 bridgehead atoms. The van der Waals surface area contributed by atoms with Gasteiger partial charge < -0.3 is 14.7 Å². The van der Waals surface area contributed by atoms with Crippen LogP contribution in [-0.2, 0) is 9.53 Å². The number of morpholine rings is 1. The van der Waals surface area contributed by atoms with Gasteiger partial charge in [0.1, 0.15) is 0 Å². The minimum absolute atomic E-state index is 0.0299. The lowest BCUT2D eigenvalue weighted by atomic mass is 10.2. The summed E-state index contributed by atoms with van der Waals surface area (Å²) < 4.78 is 5.25. The lowest BCUT2D eigenvalue weighted by molar-refractivity contribution is -0.138. The van der Waals surface area contributed by atoms with E-state index in [4.69, 9.17) is 16.3 Å². The largest absolute Gasteiger partial charge is 0.394 e. The maximum Gasteiger partial charge on any atom is 0.233 e. The number of aliphatic hydroxyl groups excluding tert-OH is 1. The zero-order valence-electron chi connectivity index (χ0n) is 10.4. The Bertz CT molecular complexity index is 426. The number of amides is 1. The number of thioether (sulfide) groups is 1. The van der Waals surface area contributed by atoms with Crippen molar-refractivity contribution in [2.45, 2.75) is 10.9 Å². The molecule has 0 saturated carbocycles. The summed E-state index contributed by atoms with van der Waals surface area (Å²) in [5, 5.41) is 9.92. The number of hydrogen-bond donors (Lipinski definition) is 1. The van der Waals surface area contributed by atoms with Gasteiger partial charge in [-0.05, 0) is 24.3 Å². The standard InChI is InChI=1S/C13H16ClNO3S/c14-10-1-3-12(4-2-10)19-9-13(17)15-5-6-18-8-11(15)7-16/h1-4,11,16H,5-9H2. The molecule has 1 aromatic carbocycles. The third-order valence-electron chi connectivity index (χ3n) is 2.93. The van der Waals surface area contributed by atoms with Gasteiger partial charge in [0.15, 0.2) is 0 Å². The van der Waals surface area contributed by atoms with Gasteiger partial charge in [-0.15, -0.1) is 11.8 Å². The Labute approximate surface area is 121 Å². The van der Waals surface area contributed by atoms with Gasteiger partial charge in [-0.25, -0.2) is 0 Å². The normalized spacial score (nSPS) is 19.5. The number of carbonyl (C=O) groups excluding carboxylic acids is 1. The fraction of sp³-hybridized carbons (Fsp3) is 0.462. The van der Waals surface area contributed by atoms with Crippen molar-refractivity contribution in [2.24, 2.45) is 0 Å². The van der Waals surface area contributed by atoms with Gasteiger partial charge in [-0.3, -0.25) is 4.79 Å². The van der Waals surface area contributed by atoms with Crippen molar-refractivity contribution in [2.75, 3.05) is 32.1 Å². The molecule has 1 saturated heterocycles. The Balaban J connectivity index is 1.87. The first-order chi connectivity index (χ1) is 9.20. The average molecular weight is 302 g/mol. The summed E-state index contributed by atoms with van der Waals surface area (Å²) in [4.78, 5) is 14.8. The van der Waals surface area contributed by atoms with E-state index in [0.29, 0.717) is 30.5 Å². The summed E-state index contributed by atoms with van der Waals surface area (Å²) in [7, 11) is 0. The minimum atomic E-state index is -0.216. The van der Waals surface area contributed by atoms with Crippen LogP contribution in [0.2, 0.25) is 5.02 Å². The van der Waals surface area contributed by atoms with Gasteiger partial charge in [-0.2, -0.15) is 0 Å². The molecule has 2 rings (SSSR count). The van der Waals surface area contributed by atoms with Crippen LogP contribution in [-0.4, -0.2) is 54.1 Å². The minimum Gasteiger partial charge on any atom is -0.394 e. The second-order valence-corrected chi connectivity index (χ2v) is 5.73. The molecule has 104 valence electrons. The van der Waals surface area contributed by atoms with Crippen molar-refractivity contribution >= 4 is 29.3 Å². The number of aliphatic hydroxyl groups is 1. The molecule has 1 amide bonds. The molecule has 6 heteroatoms. The highest BCUT2D eigenvalue weighted by molar-refractivity contribution is 8.00. The van der Waals surface area contributed by atoms with Crippen molar-refractivity contribution in [3.8, 4) is 0 Å². The monoisotopic (exact) mass is 301 g/mol. The number of halogens is 1. The molecule has 1 fully saturated rings. The maximum absolute atomic E-state index is 12.1. The molecular formula is C13H16ClNO3S. The van der Waals surface area contributed by atoms with Crippen LogP contribution in [0.1, 0.15) is 0 Å². The summed E-state index contributed by atoms with van der Waals surface area (Å²) in [5.74, 6) is 0.389. The first kappa shape index (κ1) is 14.7. The van der Waals surface area contributed by atoms with Crippen molar-refractivity contribution < 1.29 is 14.6 Å². The molecular weight excluding hydrogens is 286 g/mol. The van der Waals surface area contributed by atoms with Crippen LogP contribution in [0.15, 0.2) is 29.2 Å². The third-order valence-corrected chi connectivity index (χ3v) is 4.18. The van der Waals surface area contributed by atoms with Crippen molar-refractivity contribution in [1.82, 2.24) is 4.90 Å². The Hall–Kier alpha value is -0.750. The summed E-state index contributed by atoms with van der Waals surface area (Å²) in [5.41, 5.74) is 0. The predicted molar refractivity (Wildman–Crippen MR) is 75.6 cm³/mol. The second-order valence-electron chi connectivity index (χ2n) is 4.24. The zero-order valence-corrected chi connectivity index (χ0v) is 12.0. The first-order valence-corrected chi connectivity index (χ1v) is 7.43. The van der Waals surface area contributed by atoms with Crippen LogP contribution in [0.5, 0.6) is 0 Å². The fourth-order valence-electron chi connectivity index (χ4n) is 1.89. The third kappa shape index (κ3) is 4.11. The molecule has 0 radical (unpaired) electrons. The van der Waals surface area contributed by atoms with E-state index in [1.807, 2.05) is 12.1 Å². The second kappa shape index (κ2) is 7.14. The molecule has 1 aromatic rings. The van der Waals surface area contributed by atoms with E-state index in [-0.39, 0.29) is 18.6 Å². The summed E-state index contributed by atoms with van der Waals surface area (Å²) >= 11 is 7.28. The van der Waals surface area contributed by atoms with Gasteiger partial charge in [0.2, 0.25) is 5.91 Å². The van der Waals surface area contributed by atoms with E-state index in [1.165, 1.54) is 11.8 Å². The molecule has 1 atom stereocenters. The quantitative estimate of drug-likeness (QED) is 0.859. The molecule has 19 heavy (non-hydrogen) atoms. The van der Waals surface area contributed by atoms with Crippen molar-refractivity contribution in [1.29, 1.82) is 0 Å². The highest BCUT2D eigenvalue weighted by Gasteiger charge is 2.26. The van der Waals surface area contributed by atoms with E-state index >= 15 is 0 Å². The Kier molecular flexibility index (Phi) is 5.51. The van der Waals surface area contributed by atoms with Gasteiger partial charge in [0, 0.05) is 16.5 Å². The number of nitrogens with zero attached hydrogens (tertiary/aromatic N) is 1. The van der Waals surface area contributed by atoms with Crippen LogP contribution in [0.3, 0.4) is 0 Å². The topological polar surface area (TPSA) is 49.8 Å². The Morgan fingerprint density at radius 3 is 2.89 bits per heavy atom. The van der Waals surface area contributed by atoms with E-state index < -0.39 is 0 Å². The molecule has 0 aromatic heterocycles. The van der Waals surface area contributed by atoms with Crippen molar-refractivity contribution in [3.63, 3.8) is 0 Å². The number of rotatable bonds is 4. The highest BCUT2D eigenvalue weighted by Crippen LogP contribution is 2.21. The maximum atomic E-state index is 12.1. The van der Waals surface area contributed by atoms with Crippen LogP contribution in [0.25, 0.3) is 0 Å². The van der Waals surface area contributed by atoms with Gasteiger partial charge in [0.05, 0.1) is 31.6 Å². The Morgan fingerprint density at radius 2 is 2.21 bits per heavy atom. The lowest BCUT2D eigenvalue weighted by Gasteiger charge is -2.34.